The Morgan fingerprint density at radius 2 is 2.00 bits per heavy atom. The molecule has 0 radical (unpaired) electrons. The third-order valence-electron chi connectivity index (χ3n) is 3.45. The highest BCUT2D eigenvalue weighted by Gasteiger charge is 2.11. The zero-order valence-electron chi connectivity index (χ0n) is 11.9. The SMILES string of the molecule is CCc1nc2ccc(C(=O)CN(CC)CC)cc2[nH]1. The van der Waals surface area contributed by atoms with Gasteiger partial charge in [-0.25, -0.2) is 4.98 Å². The van der Waals surface area contributed by atoms with Gasteiger partial charge in [-0.15, -0.1) is 0 Å². The van der Waals surface area contributed by atoms with Crippen LogP contribution in [0.15, 0.2) is 18.2 Å². The van der Waals surface area contributed by atoms with Crippen LogP contribution in [0.2, 0.25) is 0 Å². The summed E-state index contributed by atoms with van der Waals surface area (Å²) in [4.78, 5) is 22.0. The Bertz CT molecular complexity index is 570. The number of Topliss-reactive ketones (excluding diaryl/α,β-unsaturated/α-hetero) is 1. The molecule has 1 aromatic heterocycles. The van der Waals surface area contributed by atoms with Crippen molar-refractivity contribution in [2.75, 3.05) is 19.6 Å². The molecule has 0 amide bonds. The number of nitrogens with zero attached hydrogens (tertiary/aromatic N) is 2. The molecule has 0 atom stereocenters. The van der Waals surface area contributed by atoms with Crippen LogP contribution >= 0.6 is 0 Å². The summed E-state index contributed by atoms with van der Waals surface area (Å²) in [6.45, 7) is 8.48. The number of ketones is 1. The van der Waals surface area contributed by atoms with E-state index in [9.17, 15) is 4.79 Å². The number of carbonyl (C=O) groups is 1. The molecule has 0 fully saturated rings. The fraction of sp³-hybridized carbons (Fsp3) is 0.467. The molecule has 0 unspecified atom stereocenters. The van der Waals surface area contributed by atoms with E-state index in [0.29, 0.717) is 6.54 Å². The molecule has 0 saturated carbocycles. The van der Waals surface area contributed by atoms with E-state index in [2.05, 4.69) is 35.6 Å². The maximum Gasteiger partial charge on any atom is 0.176 e. The molecule has 1 heterocycles. The summed E-state index contributed by atoms with van der Waals surface area (Å²) >= 11 is 0. The van der Waals surface area contributed by atoms with E-state index in [-0.39, 0.29) is 5.78 Å². The molecule has 4 nitrogen and oxygen atoms in total. The van der Waals surface area contributed by atoms with Gasteiger partial charge in [0.1, 0.15) is 5.82 Å². The minimum atomic E-state index is 0.165. The Morgan fingerprint density at radius 3 is 2.63 bits per heavy atom. The first-order valence-corrected chi connectivity index (χ1v) is 6.92. The molecule has 0 spiro atoms. The number of hydrogen-bond acceptors (Lipinski definition) is 3. The molecule has 4 heteroatoms. The summed E-state index contributed by atoms with van der Waals surface area (Å²) in [6, 6.07) is 5.70. The molecule has 19 heavy (non-hydrogen) atoms. The van der Waals surface area contributed by atoms with Crippen LogP contribution in [0.25, 0.3) is 11.0 Å². The molecule has 2 aromatic rings. The second kappa shape index (κ2) is 5.97. The zero-order valence-corrected chi connectivity index (χ0v) is 11.9. The summed E-state index contributed by atoms with van der Waals surface area (Å²) in [5.74, 6) is 1.13. The second-order valence-electron chi connectivity index (χ2n) is 4.65. The minimum absolute atomic E-state index is 0.165. The van der Waals surface area contributed by atoms with Gasteiger partial charge >= 0.3 is 0 Å². The van der Waals surface area contributed by atoms with Gasteiger partial charge in [-0.3, -0.25) is 9.69 Å². The molecule has 0 saturated heterocycles. The number of aromatic nitrogens is 2. The highest BCUT2D eigenvalue weighted by molar-refractivity contribution is 6.00. The van der Waals surface area contributed by atoms with Crippen molar-refractivity contribution in [1.82, 2.24) is 14.9 Å². The Hall–Kier alpha value is -1.68. The van der Waals surface area contributed by atoms with Crippen LogP contribution in [0, 0.1) is 0 Å². The first kappa shape index (κ1) is 13.7. The quantitative estimate of drug-likeness (QED) is 0.811. The van der Waals surface area contributed by atoms with Gasteiger partial charge < -0.3 is 4.98 Å². The van der Waals surface area contributed by atoms with Gasteiger partial charge in [-0.1, -0.05) is 20.8 Å². The summed E-state index contributed by atoms with van der Waals surface area (Å²) in [5.41, 5.74) is 2.63. The van der Waals surface area contributed by atoms with Crippen LogP contribution in [0.3, 0.4) is 0 Å². The van der Waals surface area contributed by atoms with Crippen LogP contribution in [0.5, 0.6) is 0 Å². The predicted octanol–water partition coefficient (Wildman–Crippen LogP) is 2.65. The molecular formula is C15H21N3O. The lowest BCUT2D eigenvalue weighted by atomic mass is 10.1. The van der Waals surface area contributed by atoms with Crippen molar-refractivity contribution in [1.29, 1.82) is 0 Å². The molecule has 2 rings (SSSR count). The molecule has 0 aliphatic carbocycles. The van der Waals surface area contributed by atoms with E-state index in [1.54, 1.807) is 0 Å². The number of imidazole rings is 1. The average Bonchev–Trinajstić information content (AvgIpc) is 2.86. The number of aryl methyl sites for hydroxylation is 1. The summed E-state index contributed by atoms with van der Waals surface area (Å²) in [6.07, 6.45) is 0.872. The van der Waals surface area contributed by atoms with E-state index >= 15 is 0 Å². The largest absolute Gasteiger partial charge is 0.342 e. The van der Waals surface area contributed by atoms with Crippen molar-refractivity contribution in [3.8, 4) is 0 Å². The third-order valence-corrected chi connectivity index (χ3v) is 3.45. The van der Waals surface area contributed by atoms with E-state index in [0.717, 1.165) is 41.9 Å². The van der Waals surface area contributed by atoms with E-state index in [1.807, 2.05) is 18.2 Å². The number of nitrogens with one attached hydrogen (secondary N) is 1. The van der Waals surface area contributed by atoms with Crippen molar-refractivity contribution >= 4 is 16.8 Å². The van der Waals surface area contributed by atoms with Crippen LogP contribution in [0.4, 0.5) is 0 Å². The number of fused-ring (bicyclic) bond motifs is 1. The molecule has 0 aliphatic rings. The number of rotatable bonds is 6. The Morgan fingerprint density at radius 1 is 1.26 bits per heavy atom. The second-order valence-corrected chi connectivity index (χ2v) is 4.65. The average molecular weight is 259 g/mol. The first-order valence-electron chi connectivity index (χ1n) is 6.92. The topological polar surface area (TPSA) is 49.0 Å². The number of hydrogen-bond donors (Lipinski definition) is 1. The van der Waals surface area contributed by atoms with E-state index in [4.69, 9.17) is 0 Å². The Balaban J connectivity index is 2.22. The van der Waals surface area contributed by atoms with Crippen LogP contribution < -0.4 is 0 Å². The number of likely N-dealkylation sites (N-methyl/N-ethyl adjacent to an activating group) is 1. The zero-order chi connectivity index (χ0) is 13.8. The van der Waals surface area contributed by atoms with Crippen molar-refractivity contribution < 1.29 is 4.79 Å². The van der Waals surface area contributed by atoms with Gasteiger partial charge in [0.05, 0.1) is 17.6 Å². The van der Waals surface area contributed by atoms with E-state index < -0.39 is 0 Å². The van der Waals surface area contributed by atoms with Gasteiger partial charge in [0.2, 0.25) is 0 Å². The molecule has 1 aromatic carbocycles. The first-order chi connectivity index (χ1) is 9.17. The van der Waals surface area contributed by atoms with Crippen molar-refractivity contribution in [2.24, 2.45) is 0 Å². The van der Waals surface area contributed by atoms with Gasteiger partial charge in [0.25, 0.3) is 0 Å². The monoisotopic (exact) mass is 259 g/mol. The van der Waals surface area contributed by atoms with Gasteiger partial charge in [0.15, 0.2) is 5.78 Å². The maximum absolute atomic E-state index is 12.2. The lowest BCUT2D eigenvalue weighted by molar-refractivity contribution is 0.0937. The normalized spacial score (nSPS) is 11.4. The Kier molecular flexibility index (Phi) is 4.32. The molecule has 102 valence electrons. The van der Waals surface area contributed by atoms with Gasteiger partial charge in [0, 0.05) is 12.0 Å². The molecule has 0 bridgehead atoms. The van der Waals surface area contributed by atoms with Crippen molar-refractivity contribution in [3.05, 3.63) is 29.6 Å². The molecule has 0 aliphatic heterocycles. The van der Waals surface area contributed by atoms with E-state index in [1.165, 1.54) is 0 Å². The fourth-order valence-corrected chi connectivity index (χ4v) is 2.14. The summed E-state index contributed by atoms with van der Waals surface area (Å²) in [5, 5.41) is 0. The molecule has 1 N–H and O–H groups in total. The Labute approximate surface area is 113 Å². The van der Waals surface area contributed by atoms with Crippen molar-refractivity contribution in [2.45, 2.75) is 27.2 Å². The van der Waals surface area contributed by atoms with Crippen LogP contribution in [0.1, 0.15) is 37.0 Å². The summed E-state index contributed by atoms with van der Waals surface area (Å²) in [7, 11) is 0. The predicted molar refractivity (Wildman–Crippen MR) is 77.6 cm³/mol. The number of H-pyrrole nitrogens is 1. The third kappa shape index (κ3) is 3.01. The smallest absolute Gasteiger partial charge is 0.176 e. The highest BCUT2D eigenvalue weighted by Crippen LogP contribution is 2.15. The van der Waals surface area contributed by atoms with Gasteiger partial charge in [-0.05, 0) is 31.3 Å². The van der Waals surface area contributed by atoms with Crippen LogP contribution in [-0.4, -0.2) is 40.3 Å². The summed E-state index contributed by atoms with van der Waals surface area (Å²) < 4.78 is 0. The standard InChI is InChI=1S/C15H21N3O/c1-4-15-16-12-8-7-11(9-13(12)17-15)14(19)10-18(5-2)6-3/h7-9H,4-6,10H2,1-3H3,(H,16,17). The number of benzene rings is 1. The maximum atomic E-state index is 12.2. The lowest BCUT2D eigenvalue weighted by Gasteiger charge is -2.16. The van der Waals surface area contributed by atoms with Gasteiger partial charge in [-0.2, -0.15) is 0 Å². The fourth-order valence-electron chi connectivity index (χ4n) is 2.14. The number of aromatic amines is 1. The highest BCUT2D eigenvalue weighted by atomic mass is 16.1. The lowest BCUT2D eigenvalue weighted by Crippen LogP contribution is -2.29. The molecular weight excluding hydrogens is 238 g/mol. The van der Waals surface area contributed by atoms with Crippen LogP contribution in [-0.2, 0) is 6.42 Å². The minimum Gasteiger partial charge on any atom is -0.342 e. The number of carbonyl (C=O) groups excluding carboxylic acids is 1. The van der Waals surface area contributed by atoms with Crippen molar-refractivity contribution in [3.63, 3.8) is 0 Å².